The quantitative estimate of drug-likeness (QED) is 0.489. The molecule has 0 aromatic rings. The van der Waals surface area contributed by atoms with E-state index in [0.717, 1.165) is 13.8 Å². The molecule has 0 heterocycles. The Hall–Kier alpha value is -0.610. The molecule has 0 amide bonds. The van der Waals surface area contributed by atoms with E-state index in [9.17, 15) is 22.4 Å². The molecular formula is C7H10F4O. The first-order valence-electron chi connectivity index (χ1n) is 3.38. The lowest BCUT2D eigenvalue weighted by molar-refractivity contribution is -0.158. The van der Waals surface area contributed by atoms with Gasteiger partial charge in [0.2, 0.25) is 0 Å². The highest BCUT2D eigenvalue weighted by Gasteiger charge is 2.39. The molecule has 5 heteroatoms. The maximum Gasteiger partial charge on any atom is 0.389 e. The van der Waals surface area contributed by atoms with E-state index in [-0.39, 0.29) is 6.29 Å². The van der Waals surface area contributed by atoms with Crippen molar-refractivity contribution in [2.75, 3.05) is 0 Å². The number of halogens is 4. The first kappa shape index (κ1) is 11.4. The lowest BCUT2D eigenvalue weighted by Gasteiger charge is -2.22. The van der Waals surface area contributed by atoms with Crippen LogP contribution < -0.4 is 0 Å². The summed E-state index contributed by atoms with van der Waals surface area (Å²) in [5, 5.41) is 0. The third-order valence-electron chi connectivity index (χ3n) is 1.50. The summed E-state index contributed by atoms with van der Waals surface area (Å²) in [6.07, 6.45) is -5.89. The van der Waals surface area contributed by atoms with E-state index >= 15 is 0 Å². The average molecular weight is 186 g/mol. The van der Waals surface area contributed by atoms with Crippen LogP contribution in [-0.4, -0.2) is 18.1 Å². The number of hydrogen-bond acceptors (Lipinski definition) is 1. The van der Waals surface area contributed by atoms with Gasteiger partial charge in [0.15, 0.2) is 0 Å². The van der Waals surface area contributed by atoms with Crippen molar-refractivity contribution in [1.82, 2.24) is 0 Å². The summed E-state index contributed by atoms with van der Waals surface area (Å²) in [7, 11) is 0. The molecule has 0 N–H and O–H groups in total. The Morgan fingerprint density at radius 1 is 1.25 bits per heavy atom. The van der Waals surface area contributed by atoms with Gasteiger partial charge in [0.1, 0.15) is 12.0 Å². The maximum atomic E-state index is 12.9. The molecule has 1 atom stereocenters. The van der Waals surface area contributed by atoms with Crippen LogP contribution in [-0.2, 0) is 4.79 Å². The van der Waals surface area contributed by atoms with Gasteiger partial charge >= 0.3 is 6.18 Å². The van der Waals surface area contributed by atoms with Crippen LogP contribution in [0.5, 0.6) is 0 Å². The smallest absolute Gasteiger partial charge is 0.303 e. The summed E-state index contributed by atoms with van der Waals surface area (Å²) in [6, 6.07) is 0. The summed E-state index contributed by atoms with van der Waals surface area (Å²) < 4.78 is 47.9. The number of carbonyl (C=O) groups excluding carboxylic acids is 1. The Balaban J connectivity index is 4.30. The van der Waals surface area contributed by atoms with E-state index in [1.165, 1.54) is 0 Å². The lowest BCUT2D eigenvalue weighted by atomic mass is 9.91. The molecule has 0 fully saturated rings. The van der Waals surface area contributed by atoms with Gasteiger partial charge in [0, 0.05) is 0 Å². The van der Waals surface area contributed by atoms with E-state index in [4.69, 9.17) is 0 Å². The predicted molar refractivity (Wildman–Crippen MR) is 35.4 cm³/mol. The minimum atomic E-state index is -4.49. The fraction of sp³-hybridized carbons (Fsp3) is 0.857. The number of aldehydes is 1. The second kappa shape index (κ2) is 3.41. The molecule has 0 aromatic heterocycles. The Bertz CT molecular complexity index is 156. The van der Waals surface area contributed by atoms with Crippen molar-refractivity contribution in [1.29, 1.82) is 0 Å². The Labute approximate surface area is 67.8 Å². The monoisotopic (exact) mass is 186 g/mol. The lowest BCUT2D eigenvalue weighted by Crippen LogP contribution is -2.31. The molecule has 0 spiro atoms. The summed E-state index contributed by atoms with van der Waals surface area (Å²) in [4.78, 5) is 10.1. The Kier molecular flexibility index (Phi) is 3.24. The summed E-state index contributed by atoms with van der Waals surface area (Å²) in [6.45, 7) is 1.91. The van der Waals surface area contributed by atoms with Crippen molar-refractivity contribution >= 4 is 6.29 Å². The van der Waals surface area contributed by atoms with Crippen molar-refractivity contribution in [3.8, 4) is 0 Å². The molecule has 0 aliphatic heterocycles. The van der Waals surface area contributed by atoms with E-state index in [0.29, 0.717) is 0 Å². The minimum absolute atomic E-state index is 0.00743. The molecule has 0 aliphatic rings. The minimum Gasteiger partial charge on any atom is -0.303 e. The highest BCUT2D eigenvalue weighted by molar-refractivity contribution is 5.55. The third kappa shape index (κ3) is 4.31. The second-order valence-electron chi connectivity index (χ2n) is 3.13. The molecule has 0 saturated heterocycles. The largest absolute Gasteiger partial charge is 0.389 e. The first-order chi connectivity index (χ1) is 5.17. The van der Waals surface area contributed by atoms with E-state index in [1.807, 2.05) is 0 Å². The standard InChI is InChI=1S/C7H10F4O/c1-6(2,8)5(4-12)3-7(9,10)11/h4-5H,3H2,1-2H3. The van der Waals surface area contributed by atoms with Crippen LogP contribution in [0.1, 0.15) is 20.3 Å². The normalized spacial score (nSPS) is 15.8. The molecule has 72 valence electrons. The zero-order valence-corrected chi connectivity index (χ0v) is 6.78. The van der Waals surface area contributed by atoms with Crippen LogP contribution >= 0.6 is 0 Å². The summed E-state index contributed by atoms with van der Waals surface area (Å²) >= 11 is 0. The number of carbonyl (C=O) groups is 1. The van der Waals surface area contributed by atoms with Gasteiger partial charge < -0.3 is 4.79 Å². The third-order valence-corrected chi connectivity index (χ3v) is 1.50. The van der Waals surface area contributed by atoms with Gasteiger partial charge in [-0.1, -0.05) is 0 Å². The Morgan fingerprint density at radius 3 is 1.75 bits per heavy atom. The van der Waals surface area contributed by atoms with E-state index in [1.54, 1.807) is 0 Å². The second-order valence-corrected chi connectivity index (χ2v) is 3.13. The van der Waals surface area contributed by atoms with Gasteiger partial charge in [-0.05, 0) is 13.8 Å². The van der Waals surface area contributed by atoms with Crippen molar-refractivity contribution in [2.45, 2.75) is 32.1 Å². The highest BCUT2D eigenvalue weighted by Crippen LogP contribution is 2.31. The van der Waals surface area contributed by atoms with Crippen LogP contribution in [0.25, 0.3) is 0 Å². The zero-order valence-electron chi connectivity index (χ0n) is 6.78. The van der Waals surface area contributed by atoms with Gasteiger partial charge in [0.05, 0.1) is 12.3 Å². The molecule has 0 aromatic carbocycles. The van der Waals surface area contributed by atoms with Gasteiger partial charge in [-0.2, -0.15) is 13.2 Å². The molecule has 1 nitrogen and oxygen atoms in total. The molecule has 0 radical (unpaired) electrons. The van der Waals surface area contributed by atoms with Crippen LogP contribution in [0.2, 0.25) is 0 Å². The molecule has 0 bridgehead atoms. The fourth-order valence-corrected chi connectivity index (χ4v) is 0.702. The van der Waals surface area contributed by atoms with Crippen LogP contribution in [0.4, 0.5) is 17.6 Å². The number of rotatable bonds is 3. The summed E-state index contributed by atoms with van der Waals surface area (Å²) in [5.41, 5.74) is -2.11. The van der Waals surface area contributed by atoms with Crippen LogP contribution in [0.3, 0.4) is 0 Å². The molecule has 0 aliphatic carbocycles. The highest BCUT2D eigenvalue weighted by atomic mass is 19.4. The molecule has 0 rings (SSSR count). The molecular weight excluding hydrogens is 176 g/mol. The predicted octanol–water partition coefficient (Wildman–Crippen LogP) is 2.50. The van der Waals surface area contributed by atoms with Crippen molar-refractivity contribution in [3.05, 3.63) is 0 Å². The average Bonchev–Trinajstić information content (AvgIpc) is 1.78. The maximum absolute atomic E-state index is 12.9. The SMILES string of the molecule is CC(C)(F)C(C=O)CC(F)(F)F. The number of alkyl halides is 4. The summed E-state index contributed by atoms with van der Waals surface area (Å²) in [5.74, 6) is -1.61. The van der Waals surface area contributed by atoms with Crippen molar-refractivity contribution < 1.29 is 22.4 Å². The van der Waals surface area contributed by atoms with Crippen molar-refractivity contribution in [2.24, 2.45) is 5.92 Å². The fourth-order valence-electron chi connectivity index (χ4n) is 0.702. The van der Waals surface area contributed by atoms with Crippen LogP contribution in [0, 0.1) is 5.92 Å². The van der Waals surface area contributed by atoms with Crippen LogP contribution in [0.15, 0.2) is 0 Å². The first-order valence-corrected chi connectivity index (χ1v) is 3.38. The molecule has 1 unspecified atom stereocenters. The van der Waals surface area contributed by atoms with E-state index < -0.39 is 24.2 Å². The van der Waals surface area contributed by atoms with E-state index in [2.05, 4.69) is 0 Å². The van der Waals surface area contributed by atoms with Gasteiger partial charge in [-0.15, -0.1) is 0 Å². The molecule has 0 saturated carbocycles. The van der Waals surface area contributed by atoms with Gasteiger partial charge in [-0.3, -0.25) is 0 Å². The van der Waals surface area contributed by atoms with Crippen molar-refractivity contribution in [3.63, 3.8) is 0 Å². The molecule has 12 heavy (non-hydrogen) atoms. The van der Waals surface area contributed by atoms with Gasteiger partial charge in [0.25, 0.3) is 0 Å². The zero-order chi connectivity index (χ0) is 9.99. The number of hydrogen-bond donors (Lipinski definition) is 0. The van der Waals surface area contributed by atoms with Gasteiger partial charge in [-0.25, -0.2) is 4.39 Å². The topological polar surface area (TPSA) is 17.1 Å². The Morgan fingerprint density at radius 2 is 1.67 bits per heavy atom.